The number of aryl methyl sites for hydroxylation is 3. The normalized spacial score (nSPS) is 17.7. The van der Waals surface area contributed by atoms with Crippen LogP contribution >= 0.6 is 11.3 Å². The molecule has 3 aromatic rings. The van der Waals surface area contributed by atoms with Gasteiger partial charge in [0, 0.05) is 30.4 Å². The molecule has 4 heterocycles. The van der Waals surface area contributed by atoms with Crippen molar-refractivity contribution in [3.05, 3.63) is 52.7 Å². The zero-order chi connectivity index (χ0) is 18.3. The highest BCUT2D eigenvalue weighted by atomic mass is 32.1. The minimum Gasteiger partial charge on any atom is -0.370 e. The summed E-state index contributed by atoms with van der Waals surface area (Å²) in [6.07, 6.45) is 2.28. The first kappa shape index (κ1) is 17.1. The van der Waals surface area contributed by atoms with E-state index in [9.17, 15) is 0 Å². The molecule has 4 rings (SSSR count). The maximum atomic E-state index is 4.73. The lowest BCUT2D eigenvalue weighted by Gasteiger charge is -2.35. The lowest BCUT2D eigenvalue weighted by molar-refractivity contribution is 0.291. The zero-order valence-corrected chi connectivity index (χ0v) is 16.3. The first-order chi connectivity index (χ1) is 12.5. The fourth-order valence-electron chi connectivity index (χ4n) is 3.67. The number of nitrogens with zero attached hydrogens (tertiary/aromatic N) is 5. The molecule has 0 aliphatic carbocycles. The van der Waals surface area contributed by atoms with E-state index in [4.69, 9.17) is 4.98 Å². The summed E-state index contributed by atoms with van der Waals surface area (Å²) in [6.45, 7) is 12.3. The van der Waals surface area contributed by atoms with Crippen LogP contribution in [0.15, 0.2) is 24.8 Å². The molecule has 0 saturated carbocycles. The average Bonchev–Trinajstić information content (AvgIpc) is 2.99. The molecule has 0 aromatic carbocycles. The number of pyridine rings is 1. The number of likely N-dealkylation sites (tertiary alicyclic amines) is 1. The van der Waals surface area contributed by atoms with Gasteiger partial charge in [-0.2, -0.15) is 0 Å². The lowest BCUT2D eigenvalue weighted by atomic mass is 9.93. The quantitative estimate of drug-likeness (QED) is 0.694. The maximum absolute atomic E-state index is 4.73. The molecule has 1 fully saturated rings. The highest BCUT2D eigenvalue weighted by Gasteiger charge is 2.24. The van der Waals surface area contributed by atoms with E-state index in [2.05, 4.69) is 44.6 Å². The Labute approximate surface area is 157 Å². The summed E-state index contributed by atoms with van der Waals surface area (Å²) in [5.74, 6) is 1.26. The molecule has 1 saturated heterocycles. The van der Waals surface area contributed by atoms with Gasteiger partial charge in [-0.05, 0) is 51.8 Å². The van der Waals surface area contributed by atoms with Crippen molar-refractivity contribution in [2.24, 2.45) is 0 Å². The van der Waals surface area contributed by atoms with Crippen molar-refractivity contribution in [1.29, 1.82) is 0 Å². The van der Waals surface area contributed by atoms with Crippen molar-refractivity contribution >= 4 is 27.4 Å². The predicted molar refractivity (Wildman–Crippen MR) is 106 cm³/mol. The number of hydrogen-bond acceptors (Lipinski definition) is 6. The molecule has 0 bridgehead atoms. The van der Waals surface area contributed by atoms with E-state index in [-0.39, 0.29) is 0 Å². The number of aromatic nitrogens is 4. The molecule has 0 radical (unpaired) electrons. The Balaban J connectivity index is 1.57. The number of hydrogen-bond donors (Lipinski definition) is 0. The fraction of sp³-hybridized carbons (Fsp3) is 0.400. The number of rotatable bonds is 3. The van der Waals surface area contributed by atoms with Gasteiger partial charge in [0.25, 0.3) is 0 Å². The molecule has 0 N–H and O–H groups in total. The molecule has 0 amide bonds. The highest BCUT2D eigenvalue weighted by Crippen LogP contribution is 2.31. The van der Waals surface area contributed by atoms with Gasteiger partial charge in [0.1, 0.15) is 5.82 Å². The average molecular weight is 366 g/mol. The Hall–Kier alpha value is -2.34. The summed E-state index contributed by atoms with van der Waals surface area (Å²) in [5, 5.41) is 1.04. The van der Waals surface area contributed by atoms with Gasteiger partial charge in [0.2, 0.25) is 0 Å². The summed E-state index contributed by atoms with van der Waals surface area (Å²) in [4.78, 5) is 20.7. The molecular weight excluding hydrogens is 342 g/mol. The van der Waals surface area contributed by atoms with Crippen LogP contribution in [-0.4, -0.2) is 37.9 Å². The monoisotopic (exact) mass is 365 g/mol. The fourth-order valence-corrected chi connectivity index (χ4v) is 4.44. The topological polar surface area (TPSA) is 54.8 Å². The molecule has 6 heteroatoms. The summed E-state index contributed by atoms with van der Waals surface area (Å²) in [7, 11) is 0. The zero-order valence-electron chi connectivity index (χ0n) is 15.5. The largest absolute Gasteiger partial charge is 0.370 e. The van der Waals surface area contributed by atoms with Crippen LogP contribution in [0.4, 0.5) is 0 Å². The molecule has 1 aliphatic heterocycles. The Morgan fingerprint density at radius 2 is 2.00 bits per heavy atom. The first-order valence-corrected chi connectivity index (χ1v) is 9.82. The molecule has 0 spiro atoms. The van der Waals surface area contributed by atoms with E-state index in [0.717, 1.165) is 69.9 Å². The van der Waals surface area contributed by atoms with Gasteiger partial charge in [-0.15, -0.1) is 11.3 Å². The smallest absolute Gasteiger partial charge is 0.171 e. The summed E-state index contributed by atoms with van der Waals surface area (Å²) in [6, 6.07) is 6.28. The van der Waals surface area contributed by atoms with Gasteiger partial charge in [-0.3, -0.25) is 0 Å². The van der Waals surface area contributed by atoms with E-state index < -0.39 is 0 Å². The first-order valence-electron chi connectivity index (χ1n) is 9.00. The number of thiazole rings is 1. The second-order valence-electron chi connectivity index (χ2n) is 6.96. The van der Waals surface area contributed by atoms with Crippen molar-refractivity contribution in [3.63, 3.8) is 0 Å². The highest BCUT2D eigenvalue weighted by molar-refractivity contribution is 7.18. The number of fused-ring (bicyclic) bond motifs is 1. The molecular formula is C20H23N5S. The molecule has 3 aromatic heterocycles. The Bertz CT molecular complexity index is 957. The minimum absolute atomic E-state index is 0.408. The van der Waals surface area contributed by atoms with Crippen molar-refractivity contribution in [2.45, 2.75) is 39.5 Å². The second-order valence-corrected chi connectivity index (χ2v) is 8.20. The van der Waals surface area contributed by atoms with Crippen molar-refractivity contribution < 1.29 is 0 Å². The number of piperidine rings is 1. The Morgan fingerprint density at radius 3 is 2.81 bits per heavy atom. The molecule has 5 nitrogen and oxygen atoms in total. The van der Waals surface area contributed by atoms with Gasteiger partial charge in [0.15, 0.2) is 5.65 Å². The third-order valence-electron chi connectivity index (χ3n) is 4.86. The maximum Gasteiger partial charge on any atom is 0.171 e. The molecule has 1 aliphatic rings. The Kier molecular flexibility index (Phi) is 4.44. The van der Waals surface area contributed by atoms with E-state index in [1.165, 1.54) is 0 Å². The van der Waals surface area contributed by atoms with Crippen molar-refractivity contribution in [3.8, 4) is 0 Å². The third kappa shape index (κ3) is 3.33. The predicted octanol–water partition coefficient (Wildman–Crippen LogP) is 4.26. The minimum atomic E-state index is 0.408. The van der Waals surface area contributed by atoms with Gasteiger partial charge in [-0.25, -0.2) is 19.9 Å². The van der Waals surface area contributed by atoms with Crippen LogP contribution < -0.4 is 0 Å². The molecule has 0 unspecified atom stereocenters. The standard InChI is InChI=1S/C20H23N5S/c1-12-10-18(22-14(3)21-12)16-6-5-9-25(11-16)13(2)17-7-8-19-20(24-17)23-15(4)26-19/h7-8,10,16H,2,5-6,9,11H2,1,3-4H3/t16-/m0/s1. The van der Waals surface area contributed by atoms with Crippen LogP contribution in [0.2, 0.25) is 0 Å². The van der Waals surface area contributed by atoms with E-state index in [0.29, 0.717) is 5.92 Å². The van der Waals surface area contributed by atoms with Gasteiger partial charge in [-0.1, -0.05) is 6.58 Å². The van der Waals surface area contributed by atoms with Gasteiger partial charge >= 0.3 is 0 Å². The van der Waals surface area contributed by atoms with Gasteiger partial charge in [0.05, 0.1) is 21.1 Å². The van der Waals surface area contributed by atoms with E-state index >= 15 is 0 Å². The Morgan fingerprint density at radius 1 is 1.15 bits per heavy atom. The van der Waals surface area contributed by atoms with Crippen LogP contribution in [0, 0.1) is 20.8 Å². The van der Waals surface area contributed by atoms with E-state index in [1.807, 2.05) is 20.8 Å². The van der Waals surface area contributed by atoms with Crippen LogP contribution in [0.5, 0.6) is 0 Å². The molecule has 134 valence electrons. The van der Waals surface area contributed by atoms with Crippen molar-refractivity contribution in [2.75, 3.05) is 13.1 Å². The summed E-state index contributed by atoms with van der Waals surface area (Å²) in [5.41, 5.74) is 4.89. The molecule has 1 atom stereocenters. The SMILES string of the molecule is C=C(c1ccc2sc(C)nc2n1)N1CCC[C@H](c2cc(C)nc(C)n2)C1. The van der Waals surface area contributed by atoms with Gasteiger partial charge < -0.3 is 4.90 Å². The van der Waals surface area contributed by atoms with Crippen LogP contribution in [-0.2, 0) is 0 Å². The van der Waals surface area contributed by atoms with Crippen LogP contribution in [0.25, 0.3) is 16.0 Å². The lowest BCUT2D eigenvalue weighted by Crippen LogP contribution is -2.33. The van der Waals surface area contributed by atoms with E-state index in [1.54, 1.807) is 11.3 Å². The summed E-state index contributed by atoms with van der Waals surface area (Å²) < 4.78 is 1.13. The van der Waals surface area contributed by atoms with Crippen LogP contribution in [0.1, 0.15) is 46.7 Å². The molecule has 26 heavy (non-hydrogen) atoms. The second kappa shape index (κ2) is 6.76. The third-order valence-corrected chi connectivity index (χ3v) is 5.79. The van der Waals surface area contributed by atoms with Crippen molar-refractivity contribution in [1.82, 2.24) is 24.8 Å². The summed E-state index contributed by atoms with van der Waals surface area (Å²) >= 11 is 1.68. The van der Waals surface area contributed by atoms with Crippen LogP contribution in [0.3, 0.4) is 0 Å².